The number of hydrogen-bond donors (Lipinski definition) is 1. The van der Waals surface area contributed by atoms with Crippen LogP contribution < -0.4 is 15.6 Å². The van der Waals surface area contributed by atoms with Crippen LogP contribution in [0.2, 0.25) is 5.02 Å². The van der Waals surface area contributed by atoms with E-state index < -0.39 is 11.5 Å². The Morgan fingerprint density at radius 2 is 1.74 bits per heavy atom. The van der Waals surface area contributed by atoms with Crippen LogP contribution in [0.3, 0.4) is 0 Å². The van der Waals surface area contributed by atoms with Crippen LogP contribution >= 0.6 is 11.6 Å². The van der Waals surface area contributed by atoms with Crippen molar-refractivity contribution in [3.05, 3.63) is 117 Å². The molecule has 2 heterocycles. The lowest BCUT2D eigenvalue weighted by molar-refractivity contribution is -0.112. The highest BCUT2D eigenvalue weighted by Crippen LogP contribution is 2.33. The third-order valence-electron chi connectivity index (χ3n) is 6.89. The number of para-hydroxylation sites is 2. The minimum absolute atomic E-state index is 0.0900. The van der Waals surface area contributed by atoms with Crippen LogP contribution in [-0.2, 0) is 11.8 Å². The van der Waals surface area contributed by atoms with Crippen molar-refractivity contribution >= 4 is 29.3 Å². The Hall–Kier alpha value is -5.33. The maximum atomic E-state index is 13.4. The Balaban J connectivity index is 1.54. The molecular formula is C33H29ClN6O3. The van der Waals surface area contributed by atoms with Gasteiger partial charge in [-0.05, 0) is 61.9 Å². The summed E-state index contributed by atoms with van der Waals surface area (Å²) in [5, 5.41) is 17.9. The van der Waals surface area contributed by atoms with Crippen molar-refractivity contribution in [3.63, 3.8) is 0 Å². The molecule has 0 aliphatic heterocycles. The quantitative estimate of drug-likeness (QED) is 0.159. The molecule has 2 aromatic heterocycles. The minimum atomic E-state index is -0.715. The molecule has 3 aromatic carbocycles. The van der Waals surface area contributed by atoms with Crippen LogP contribution in [0.25, 0.3) is 28.7 Å². The number of hydrogen-bond acceptors (Lipinski definition) is 5. The maximum Gasteiger partial charge on any atom is 0.295 e. The first-order chi connectivity index (χ1) is 20.8. The summed E-state index contributed by atoms with van der Waals surface area (Å²) in [5.41, 5.74) is 3.17. The van der Waals surface area contributed by atoms with E-state index in [0.717, 1.165) is 12.1 Å². The van der Waals surface area contributed by atoms with Crippen LogP contribution in [0.4, 0.5) is 5.69 Å². The maximum absolute atomic E-state index is 13.4. The number of carbonyl (C=O) groups excluding carboxylic acids is 1. The van der Waals surface area contributed by atoms with Crippen molar-refractivity contribution in [1.82, 2.24) is 19.1 Å². The van der Waals surface area contributed by atoms with Gasteiger partial charge < -0.3 is 10.1 Å². The number of rotatable bonds is 9. The van der Waals surface area contributed by atoms with Gasteiger partial charge in [0.15, 0.2) is 0 Å². The van der Waals surface area contributed by atoms with Gasteiger partial charge in [-0.25, -0.2) is 9.36 Å². The molecule has 0 unspecified atom stereocenters. The molecule has 0 fully saturated rings. The molecule has 1 N–H and O–H groups in total. The third kappa shape index (κ3) is 6.01. The normalized spacial score (nSPS) is 11.3. The first-order valence-electron chi connectivity index (χ1n) is 13.7. The molecule has 0 aliphatic rings. The predicted molar refractivity (Wildman–Crippen MR) is 168 cm³/mol. The van der Waals surface area contributed by atoms with Crippen molar-refractivity contribution in [3.8, 4) is 34.5 Å². The minimum Gasteiger partial charge on any atom is -0.492 e. The predicted octanol–water partition coefficient (Wildman–Crippen LogP) is 6.33. The molecule has 5 rings (SSSR count). The van der Waals surface area contributed by atoms with E-state index in [1.54, 1.807) is 53.8 Å². The Bertz CT molecular complexity index is 1910. The molecule has 1 amide bonds. The number of nitriles is 1. The summed E-state index contributed by atoms with van der Waals surface area (Å²) in [7, 11) is 1.73. The van der Waals surface area contributed by atoms with Crippen LogP contribution in [0, 0.1) is 18.3 Å². The average Bonchev–Trinajstić information content (AvgIpc) is 3.54. The van der Waals surface area contributed by atoms with E-state index in [2.05, 4.69) is 5.32 Å². The molecule has 0 saturated heterocycles. The zero-order valence-corrected chi connectivity index (χ0v) is 24.7. The largest absolute Gasteiger partial charge is 0.492 e. The van der Waals surface area contributed by atoms with E-state index in [-0.39, 0.29) is 11.3 Å². The van der Waals surface area contributed by atoms with E-state index in [1.807, 2.05) is 67.6 Å². The summed E-state index contributed by atoms with van der Waals surface area (Å²) < 4.78 is 10.5. The van der Waals surface area contributed by atoms with Crippen molar-refractivity contribution in [2.45, 2.75) is 20.3 Å². The van der Waals surface area contributed by atoms with Crippen LogP contribution in [0.15, 0.2) is 95.4 Å². The fraction of sp³-hybridized carbons (Fsp3) is 0.152. The first-order valence-corrected chi connectivity index (χ1v) is 14.0. The number of ether oxygens (including phenoxy) is 1. The number of amides is 1. The Labute approximate surface area is 253 Å². The van der Waals surface area contributed by atoms with E-state index in [4.69, 9.17) is 21.4 Å². The Morgan fingerprint density at radius 3 is 2.37 bits per heavy atom. The number of carbonyl (C=O) groups is 1. The van der Waals surface area contributed by atoms with Crippen molar-refractivity contribution in [1.29, 1.82) is 5.26 Å². The van der Waals surface area contributed by atoms with Gasteiger partial charge in [0.2, 0.25) is 0 Å². The number of aromatic nitrogens is 4. The van der Waals surface area contributed by atoms with Gasteiger partial charge in [-0.15, -0.1) is 0 Å². The molecule has 43 heavy (non-hydrogen) atoms. The lowest BCUT2D eigenvalue weighted by Crippen LogP contribution is -2.23. The summed E-state index contributed by atoms with van der Waals surface area (Å²) in [5.74, 6) is -0.156. The van der Waals surface area contributed by atoms with Crippen LogP contribution in [0.5, 0.6) is 5.75 Å². The molecular weight excluding hydrogens is 564 g/mol. The van der Waals surface area contributed by atoms with Gasteiger partial charge in [0.1, 0.15) is 28.8 Å². The molecule has 0 radical (unpaired) electrons. The number of halogens is 1. The fourth-order valence-electron chi connectivity index (χ4n) is 4.60. The summed E-state index contributed by atoms with van der Waals surface area (Å²) in [6.45, 7) is 4.28. The van der Waals surface area contributed by atoms with E-state index >= 15 is 0 Å². The smallest absolute Gasteiger partial charge is 0.295 e. The van der Waals surface area contributed by atoms with E-state index in [0.29, 0.717) is 45.6 Å². The van der Waals surface area contributed by atoms with Gasteiger partial charge >= 0.3 is 0 Å². The van der Waals surface area contributed by atoms with Crippen LogP contribution in [-0.4, -0.2) is 31.7 Å². The number of benzene rings is 3. The molecule has 0 bridgehead atoms. The van der Waals surface area contributed by atoms with Gasteiger partial charge in [0.05, 0.1) is 28.7 Å². The van der Waals surface area contributed by atoms with Gasteiger partial charge in [-0.3, -0.25) is 14.3 Å². The monoisotopic (exact) mass is 592 g/mol. The van der Waals surface area contributed by atoms with Crippen molar-refractivity contribution in [2.24, 2.45) is 7.05 Å². The molecule has 0 atom stereocenters. The van der Waals surface area contributed by atoms with E-state index in [1.165, 1.54) is 10.8 Å². The Morgan fingerprint density at radius 1 is 1.07 bits per heavy atom. The fourth-order valence-corrected chi connectivity index (χ4v) is 4.84. The van der Waals surface area contributed by atoms with E-state index in [9.17, 15) is 14.9 Å². The molecule has 5 aromatic rings. The average molecular weight is 593 g/mol. The zero-order chi connectivity index (χ0) is 30.5. The molecule has 216 valence electrons. The van der Waals surface area contributed by atoms with Crippen molar-refractivity contribution in [2.75, 3.05) is 11.9 Å². The lowest BCUT2D eigenvalue weighted by atomic mass is 10.1. The summed E-state index contributed by atoms with van der Waals surface area (Å²) in [6.07, 6.45) is 4.04. The highest BCUT2D eigenvalue weighted by atomic mass is 35.5. The SMILES string of the molecule is CCCOc1ccc(-c2nn(-c3ccccc3)cc2/C=C(/C#N)C(=O)Nc2c(C)n(C)n(-c3ccccc3)c2=O)cc1Cl. The van der Waals surface area contributed by atoms with Gasteiger partial charge in [0.25, 0.3) is 11.5 Å². The molecule has 0 saturated carbocycles. The second-order valence-corrected chi connectivity index (χ2v) is 10.2. The second kappa shape index (κ2) is 12.7. The lowest BCUT2D eigenvalue weighted by Gasteiger charge is -2.08. The molecule has 10 heteroatoms. The zero-order valence-electron chi connectivity index (χ0n) is 23.9. The topological polar surface area (TPSA) is 107 Å². The highest BCUT2D eigenvalue weighted by molar-refractivity contribution is 6.32. The van der Waals surface area contributed by atoms with Gasteiger partial charge in [-0.1, -0.05) is 54.9 Å². The highest BCUT2D eigenvalue weighted by Gasteiger charge is 2.21. The molecule has 9 nitrogen and oxygen atoms in total. The molecule has 0 aliphatic carbocycles. The molecule has 0 spiro atoms. The van der Waals surface area contributed by atoms with Crippen molar-refractivity contribution < 1.29 is 9.53 Å². The standard InChI is InChI=1S/C33H29ClN6O3/c1-4-17-43-29-16-15-23(19-28(29)34)31-25(21-39(37-31)26-11-7-5-8-12-26)18-24(20-35)32(41)36-30-22(2)38(3)40(33(30)42)27-13-9-6-10-14-27/h5-16,18-19,21H,4,17H2,1-3H3,(H,36,41)/b24-18-. The third-order valence-corrected chi connectivity index (χ3v) is 7.18. The summed E-state index contributed by atoms with van der Waals surface area (Å²) in [6, 6.07) is 25.9. The summed E-state index contributed by atoms with van der Waals surface area (Å²) >= 11 is 6.53. The second-order valence-electron chi connectivity index (χ2n) is 9.77. The number of anilines is 1. The Kier molecular flexibility index (Phi) is 8.60. The van der Waals surface area contributed by atoms with Gasteiger partial charge in [0, 0.05) is 24.4 Å². The van der Waals surface area contributed by atoms with Gasteiger partial charge in [-0.2, -0.15) is 10.4 Å². The first kappa shape index (κ1) is 29.2. The number of nitrogens with zero attached hydrogens (tertiary/aromatic N) is 5. The number of nitrogens with one attached hydrogen (secondary N) is 1. The summed E-state index contributed by atoms with van der Waals surface area (Å²) in [4.78, 5) is 26.7. The van der Waals surface area contributed by atoms with Crippen LogP contribution in [0.1, 0.15) is 24.6 Å².